The largest absolute Gasteiger partial charge is 0.460 e. The fourth-order valence-corrected chi connectivity index (χ4v) is 2.09. The summed E-state index contributed by atoms with van der Waals surface area (Å²) in [5, 5.41) is 6.66. The van der Waals surface area contributed by atoms with Gasteiger partial charge >= 0.3 is 0 Å². The maximum atomic E-state index is 12.2. The van der Waals surface area contributed by atoms with E-state index in [4.69, 9.17) is 14.7 Å². The molecule has 21 heavy (non-hydrogen) atoms. The number of nitrogen functional groups attached to an aromatic ring is 1. The summed E-state index contributed by atoms with van der Waals surface area (Å²) in [6.07, 6.45) is 4.37. The third-order valence-corrected chi connectivity index (χ3v) is 3.24. The number of rotatable bonds is 7. The first-order valence-corrected chi connectivity index (χ1v) is 7.23. The van der Waals surface area contributed by atoms with Crippen LogP contribution in [0.1, 0.15) is 48.7 Å². The van der Waals surface area contributed by atoms with Crippen molar-refractivity contribution in [2.75, 3.05) is 12.3 Å². The summed E-state index contributed by atoms with van der Waals surface area (Å²) in [5.41, 5.74) is 6.28. The number of carbonyl (C=O) groups excluding carboxylic acids is 1. The zero-order valence-electron chi connectivity index (χ0n) is 12.4. The highest BCUT2D eigenvalue weighted by atomic mass is 16.5. The van der Waals surface area contributed by atoms with Crippen LogP contribution >= 0.6 is 0 Å². The van der Waals surface area contributed by atoms with Gasteiger partial charge in [0, 0.05) is 6.54 Å². The van der Waals surface area contributed by atoms with Gasteiger partial charge in [0.15, 0.2) is 11.5 Å². The van der Waals surface area contributed by atoms with Crippen molar-refractivity contribution in [3.8, 4) is 11.5 Å². The van der Waals surface area contributed by atoms with Gasteiger partial charge < -0.3 is 20.0 Å². The number of aromatic nitrogens is 1. The number of nitrogens with zero attached hydrogens (tertiary/aromatic N) is 1. The molecule has 0 saturated carbocycles. The Morgan fingerprint density at radius 2 is 2.14 bits per heavy atom. The van der Waals surface area contributed by atoms with E-state index in [0.29, 0.717) is 18.0 Å². The predicted molar refractivity (Wildman–Crippen MR) is 79.8 cm³/mol. The second-order valence-corrected chi connectivity index (χ2v) is 5.00. The molecule has 0 fully saturated rings. The van der Waals surface area contributed by atoms with Gasteiger partial charge in [0.2, 0.25) is 5.88 Å². The topological polar surface area (TPSA) is 94.3 Å². The number of furan rings is 1. The summed E-state index contributed by atoms with van der Waals surface area (Å²) in [6.45, 7) is 4.58. The Bertz CT molecular complexity index is 601. The van der Waals surface area contributed by atoms with Crippen LogP contribution in [0.25, 0.3) is 11.5 Å². The molecule has 6 nitrogen and oxygen atoms in total. The highest BCUT2D eigenvalue weighted by Gasteiger charge is 2.24. The number of hydrogen-bond acceptors (Lipinski definition) is 5. The SMILES string of the molecule is CCCCCCNC(=O)c1c(-c2ccc(C)o2)noc1N. The molecule has 2 aromatic rings. The van der Waals surface area contributed by atoms with E-state index in [1.807, 2.05) is 6.92 Å². The molecule has 2 rings (SSSR count). The second-order valence-electron chi connectivity index (χ2n) is 5.00. The molecular formula is C15H21N3O3. The lowest BCUT2D eigenvalue weighted by molar-refractivity contribution is 0.0954. The highest BCUT2D eigenvalue weighted by molar-refractivity contribution is 6.03. The number of unbranched alkanes of at least 4 members (excludes halogenated alkanes) is 3. The van der Waals surface area contributed by atoms with Crippen molar-refractivity contribution >= 4 is 11.8 Å². The average Bonchev–Trinajstić information content (AvgIpc) is 3.04. The minimum absolute atomic E-state index is 0.00473. The van der Waals surface area contributed by atoms with Gasteiger partial charge in [0.25, 0.3) is 5.91 Å². The van der Waals surface area contributed by atoms with Crippen molar-refractivity contribution < 1.29 is 13.7 Å². The summed E-state index contributed by atoms with van der Waals surface area (Å²) in [4.78, 5) is 12.2. The Hall–Kier alpha value is -2.24. The Kier molecular flexibility index (Phi) is 5.03. The predicted octanol–water partition coefficient (Wildman–Crippen LogP) is 3.14. The zero-order chi connectivity index (χ0) is 15.2. The smallest absolute Gasteiger partial charge is 0.259 e. The summed E-state index contributed by atoms with van der Waals surface area (Å²) in [5.74, 6) is 0.931. The van der Waals surface area contributed by atoms with E-state index in [9.17, 15) is 4.79 Å². The standard InChI is InChI=1S/C15H21N3O3/c1-3-4-5-6-9-17-15(19)12-13(18-21-14(12)16)11-8-7-10(2)20-11/h7-8H,3-6,9,16H2,1-2H3,(H,17,19). The Morgan fingerprint density at radius 1 is 1.33 bits per heavy atom. The van der Waals surface area contributed by atoms with Crippen molar-refractivity contribution in [1.82, 2.24) is 10.5 Å². The first kappa shape index (κ1) is 15.2. The number of amides is 1. The minimum Gasteiger partial charge on any atom is -0.460 e. The molecule has 0 spiro atoms. The van der Waals surface area contributed by atoms with Gasteiger partial charge in [-0.15, -0.1) is 0 Å². The molecule has 0 atom stereocenters. The first-order valence-electron chi connectivity index (χ1n) is 7.23. The average molecular weight is 291 g/mol. The third kappa shape index (κ3) is 3.65. The van der Waals surface area contributed by atoms with Gasteiger partial charge in [-0.05, 0) is 25.5 Å². The summed E-state index contributed by atoms with van der Waals surface area (Å²) < 4.78 is 10.4. The Labute approximate surface area is 123 Å². The molecule has 1 amide bonds. The fourth-order valence-electron chi connectivity index (χ4n) is 2.09. The van der Waals surface area contributed by atoms with Crippen molar-refractivity contribution in [3.05, 3.63) is 23.5 Å². The summed E-state index contributed by atoms with van der Waals surface area (Å²) in [7, 11) is 0. The molecule has 2 aromatic heterocycles. The van der Waals surface area contributed by atoms with Crippen LogP contribution in [0.15, 0.2) is 21.1 Å². The molecule has 0 bridgehead atoms. The van der Waals surface area contributed by atoms with Crippen LogP contribution in [-0.4, -0.2) is 17.6 Å². The molecule has 3 N–H and O–H groups in total. The highest BCUT2D eigenvalue weighted by Crippen LogP contribution is 2.28. The monoisotopic (exact) mass is 291 g/mol. The van der Waals surface area contributed by atoms with Crippen LogP contribution in [0, 0.1) is 6.92 Å². The van der Waals surface area contributed by atoms with Crippen LogP contribution in [0.3, 0.4) is 0 Å². The minimum atomic E-state index is -0.283. The van der Waals surface area contributed by atoms with E-state index in [1.165, 1.54) is 6.42 Å². The molecule has 0 aromatic carbocycles. The molecule has 0 aliphatic heterocycles. The van der Waals surface area contributed by atoms with Gasteiger partial charge in [-0.3, -0.25) is 4.79 Å². The Balaban J connectivity index is 2.05. The molecule has 0 saturated heterocycles. The van der Waals surface area contributed by atoms with Crippen LogP contribution in [0.2, 0.25) is 0 Å². The molecule has 0 unspecified atom stereocenters. The molecular weight excluding hydrogens is 270 g/mol. The van der Waals surface area contributed by atoms with E-state index in [-0.39, 0.29) is 17.4 Å². The molecule has 6 heteroatoms. The van der Waals surface area contributed by atoms with E-state index in [2.05, 4.69) is 17.4 Å². The number of hydrogen-bond donors (Lipinski definition) is 2. The van der Waals surface area contributed by atoms with Gasteiger partial charge in [-0.1, -0.05) is 31.3 Å². The van der Waals surface area contributed by atoms with Crippen molar-refractivity contribution in [2.24, 2.45) is 0 Å². The number of carbonyl (C=O) groups is 1. The summed E-state index contributed by atoms with van der Waals surface area (Å²) in [6, 6.07) is 3.54. The normalized spacial score (nSPS) is 10.8. The summed E-state index contributed by atoms with van der Waals surface area (Å²) >= 11 is 0. The lowest BCUT2D eigenvalue weighted by Gasteiger charge is -2.04. The van der Waals surface area contributed by atoms with Crippen molar-refractivity contribution in [3.63, 3.8) is 0 Å². The third-order valence-electron chi connectivity index (χ3n) is 3.24. The van der Waals surface area contributed by atoms with E-state index < -0.39 is 0 Å². The van der Waals surface area contributed by atoms with Crippen LogP contribution in [0.4, 0.5) is 5.88 Å². The van der Waals surface area contributed by atoms with E-state index in [0.717, 1.165) is 25.0 Å². The van der Waals surface area contributed by atoms with Crippen LogP contribution < -0.4 is 11.1 Å². The second kappa shape index (κ2) is 6.97. The van der Waals surface area contributed by atoms with E-state index in [1.54, 1.807) is 12.1 Å². The van der Waals surface area contributed by atoms with Crippen LogP contribution in [0.5, 0.6) is 0 Å². The van der Waals surface area contributed by atoms with Gasteiger partial charge in [0.05, 0.1) is 0 Å². The van der Waals surface area contributed by atoms with Gasteiger partial charge in [-0.2, -0.15) is 0 Å². The van der Waals surface area contributed by atoms with Gasteiger partial charge in [-0.25, -0.2) is 0 Å². The maximum Gasteiger partial charge on any atom is 0.259 e. The maximum absolute atomic E-state index is 12.2. The van der Waals surface area contributed by atoms with Gasteiger partial charge in [0.1, 0.15) is 11.3 Å². The number of nitrogens with one attached hydrogen (secondary N) is 1. The van der Waals surface area contributed by atoms with E-state index >= 15 is 0 Å². The van der Waals surface area contributed by atoms with Crippen LogP contribution in [-0.2, 0) is 0 Å². The number of aryl methyl sites for hydroxylation is 1. The quantitative estimate of drug-likeness (QED) is 0.764. The molecule has 0 aliphatic carbocycles. The van der Waals surface area contributed by atoms with Crippen molar-refractivity contribution in [2.45, 2.75) is 39.5 Å². The fraction of sp³-hybridized carbons (Fsp3) is 0.467. The van der Waals surface area contributed by atoms with Crippen molar-refractivity contribution in [1.29, 1.82) is 0 Å². The first-order chi connectivity index (χ1) is 10.1. The molecule has 0 aliphatic rings. The molecule has 2 heterocycles. The molecule has 114 valence electrons. The lowest BCUT2D eigenvalue weighted by atomic mass is 10.1. The zero-order valence-corrected chi connectivity index (χ0v) is 12.4. The molecule has 0 radical (unpaired) electrons. The number of anilines is 1. The number of nitrogens with two attached hydrogens (primary N) is 1. The Morgan fingerprint density at radius 3 is 2.81 bits per heavy atom. The lowest BCUT2D eigenvalue weighted by Crippen LogP contribution is -2.25.